The van der Waals surface area contributed by atoms with Crippen LogP contribution in [0.2, 0.25) is 0 Å². The van der Waals surface area contributed by atoms with Gasteiger partial charge in [0.1, 0.15) is 22.7 Å². The van der Waals surface area contributed by atoms with Gasteiger partial charge in [0.25, 0.3) is 5.70 Å². The summed E-state index contributed by atoms with van der Waals surface area (Å²) in [4.78, 5) is 51.2. The molecule has 1 aromatic carbocycles. The SMILES string of the molecule is C=CC1CN(C(=O)C2=C[N+]3=C(c4ccc(F)cc4)C=C(C(C)C)C3=N2)CCN1C(=O)C1(N(C)C(=O)OC(C)(C)C)CCCCC1. The number of hydrogen-bond donors (Lipinski definition) is 0. The molecule has 0 aromatic heterocycles. The summed E-state index contributed by atoms with van der Waals surface area (Å²) in [6.07, 6.45) is 8.78. The Kier molecular flexibility index (Phi) is 8.88. The molecular formula is C35H45FN5O4+. The predicted molar refractivity (Wildman–Crippen MR) is 171 cm³/mol. The Balaban J connectivity index is 1.36. The van der Waals surface area contributed by atoms with E-state index in [1.165, 1.54) is 17.0 Å². The number of rotatable bonds is 6. The molecule has 0 spiro atoms. The molecule has 1 saturated heterocycles. The Bertz CT molecular complexity index is 1510. The van der Waals surface area contributed by atoms with E-state index in [-0.39, 0.29) is 30.1 Å². The molecule has 1 atom stereocenters. The summed E-state index contributed by atoms with van der Waals surface area (Å²) in [5.74, 6) is 0.200. The lowest BCUT2D eigenvalue weighted by Gasteiger charge is -2.49. The highest BCUT2D eigenvalue weighted by Gasteiger charge is 2.50. The molecule has 10 heteroatoms. The van der Waals surface area contributed by atoms with Crippen LogP contribution in [0, 0.1) is 11.7 Å². The predicted octanol–water partition coefficient (Wildman–Crippen LogP) is 5.27. The van der Waals surface area contributed by atoms with Crippen LogP contribution in [0.5, 0.6) is 0 Å². The minimum atomic E-state index is -1.01. The second kappa shape index (κ2) is 12.4. The van der Waals surface area contributed by atoms with Crippen molar-refractivity contribution in [2.75, 3.05) is 26.7 Å². The Hall–Kier alpha value is -4.08. The van der Waals surface area contributed by atoms with E-state index in [9.17, 15) is 18.8 Å². The molecule has 1 saturated carbocycles. The fraction of sp³-hybridized carbons (Fsp3) is 0.514. The van der Waals surface area contributed by atoms with Gasteiger partial charge >= 0.3 is 17.8 Å². The fourth-order valence-electron chi connectivity index (χ4n) is 6.63. The minimum Gasteiger partial charge on any atom is -0.444 e. The highest BCUT2D eigenvalue weighted by atomic mass is 19.1. The first kappa shape index (κ1) is 32.3. The molecule has 0 bridgehead atoms. The van der Waals surface area contributed by atoms with Crippen molar-refractivity contribution >= 4 is 29.5 Å². The van der Waals surface area contributed by atoms with Crippen molar-refractivity contribution in [2.24, 2.45) is 10.9 Å². The van der Waals surface area contributed by atoms with Crippen molar-refractivity contribution < 1.29 is 28.1 Å². The van der Waals surface area contributed by atoms with Crippen molar-refractivity contribution in [1.82, 2.24) is 14.7 Å². The van der Waals surface area contributed by atoms with Crippen LogP contribution in [0.25, 0.3) is 0 Å². The maximum absolute atomic E-state index is 14.4. The molecule has 240 valence electrons. The molecule has 5 rings (SSSR count). The van der Waals surface area contributed by atoms with Crippen LogP contribution in [-0.2, 0) is 14.3 Å². The molecule has 45 heavy (non-hydrogen) atoms. The second-order valence-corrected chi connectivity index (χ2v) is 13.7. The van der Waals surface area contributed by atoms with Gasteiger partial charge in [0.2, 0.25) is 5.91 Å². The summed E-state index contributed by atoms with van der Waals surface area (Å²) in [7, 11) is 1.66. The topological polar surface area (TPSA) is 85.5 Å². The summed E-state index contributed by atoms with van der Waals surface area (Å²) in [6.45, 7) is 14.5. The van der Waals surface area contributed by atoms with Crippen molar-refractivity contribution in [3.63, 3.8) is 0 Å². The molecule has 4 aliphatic rings. The highest BCUT2D eigenvalue weighted by Crippen LogP contribution is 2.37. The number of fused-ring (bicyclic) bond motifs is 1. The third kappa shape index (κ3) is 6.24. The largest absolute Gasteiger partial charge is 0.444 e. The van der Waals surface area contributed by atoms with Gasteiger partial charge in [0.05, 0.1) is 11.6 Å². The van der Waals surface area contributed by atoms with Gasteiger partial charge in [-0.3, -0.25) is 14.5 Å². The zero-order valence-corrected chi connectivity index (χ0v) is 27.3. The number of likely N-dealkylation sites (N-methyl/N-ethyl adjacent to an activating group) is 1. The fourth-order valence-corrected chi connectivity index (χ4v) is 6.63. The average molecular weight is 619 g/mol. The number of piperazine rings is 1. The maximum Gasteiger partial charge on any atom is 0.410 e. The van der Waals surface area contributed by atoms with E-state index in [2.05, 4.69) is 20.4 Å². The third-order valence-corrected chi connectivity index (χ3v) is 9.12. The zero-order chi connectivity index (χ0) is 32.7. The quantitative estimate of drug-likeness (QED) is 0.321. The average Bonchev–Trinajstić information content (AvgIpc) is 3.59. The number of halogens is 1. The number of carbonyl (C=O) groups excluding carboxylic acids is 3. The molecule has 3 aliphatic heterocycles. The number of hydrogen-bond acceptors (Lipinski definition) is 5. The first-order valence-corrected chi connectivity index (χ1v) is 15.9. The first-order chi connectivity index (χ1) is 21.3. The Morgan fingerprint density at radius 2 is 1.80 bits per heavy atom. The summed E-state index contributed by atoms with van der Waals surface area (Å²) in [5, 5.41) is 0. The van der Waals surface area contributed by atoms with Crippen molar-refractivity contribution in [3.05, 3.63) is 71.8 Å². The number of allylic oxidation sites excluding steroid dienone is 1. The summed E-state index contributed by atoms with van der Waals surface area (Å²) >= 11 is 0. The molecule has 9 nitrogen and oxygen atoms in total. The Morgan fingerprint density at radius 3 is 2.40 bits per heavy atom. The van der Waals surface area contributed by atoms with Crippen molar-refractivity contribution in [3.8, 4) is 0 Å². The molecular weight excluding hydrogens is 573 g/mol. The van der Waals surface area contributed by atoms with Crippen LogP contribution in [0.3, 0.4) is 0 Å². The summed E-state index contributed by atoms with van der Waals surface area (Å²) in [5.41, 5.74) is 1.29. The number of amides is 3. The van der Waals surface area contributed by atoms with E-state index in [4.69, 9.17) is 9.73 Å². The molecule has 3 heterocycles. The number of benzene rings is 1. The second-order valence-electron chi connectivity index (χ2n) is 13.7. The smallest absolute Gasteiger partial charge is 0.410 e. The number of carbonyl (C=O) groups is 3. The highest BCUT2D eigenvalue weighted by molar-refractivity contribution is 6.18. The first-order valence-electron chi connectivity index (χ1n) is 15.9. The number of amidine groups is 1. The number of ether oxygens (including phenoxy) is 1. The number of nitrogens with zero attached hydrogens (tertiary/aromatic N) is 5. The van der Waals surface area contributed by atoms with Gasteiger partial charge in [-0.25, -0.2) is 9.18 Å². The van der Waals surface area contributed by atoms with Gasteiger partial charge in [0, 0.05) is 32.2 Å². The van der Waals surface area contributed by atoms with E-state index >= 15 is 0 Å². The molecule has 1 aromatic rings. The van der Waals surface area contributed by atoms with Gasteiger partial charge in [0.15, 0.2) is 6.20 Å². The van der Waals surface area contributed by atoms with Gasteiger partial charge in [-0.05, 0) is 74.9 Å². The van der Waals surface area contributed by atoms with Crippen molar-refractivity contribution in [2.45, 2.75) is 83.9 Å². The van der Waals surface area contributed by atoms with Crippen LogP contribution < -0.4 is 0 Å². The summed E-state index contributed by atoms with van der Waals surface area (Å²) in [6, 6.07) is 5.86. The van der Waals surface area contributed by atoms with Gasteiger partial charge in [-0.2, -0.15) is 4.58 Å². The van der Waals surface area contributed by atoms with Gasteiger partial charge in [-0.1, -0.05) is 39.2 Å². The third-order valence-electron chi connectivity index (χ3n) is 9.12. The molecule has 0 N–H and O–H groups in total. The van der Waals surface area contributed by atoms with Crippen LogP contribution >= 0.6 is 0 Å². The van der Waals surface area contributed by atoms with Crippen LogP contribution in [0.15, 0.2) is 65.5 Å². The molecule has 1 unspecified atom stereocenters. The molecule has 1 aliphatic carbocycles. The van der Waals surface area contributed by atoms with E-state index < -0.39 is 23.3 Å². The van der Waals surface area contributed by atoms with Crippen LogP contribution in [0.1, 0.15) is 72.3 Å². The Morgan fingerprint density at radius 1 is 1.13 bits per heavy atom. The van der Waals surface area contributed by atoms with Gasteiger partial charge < -0.3 is 14.5 Å². The van der Waals surface area contributed by atoms with Crippen molar-refractivity contribution in [1.29, 1.82) is 0 Å². The van der Waals surface area contributed by atoms with E-state index in [0.717, 1.165) is 36.1 Å². The molecule has 0 radical (unpaired) electrons. The normalized spacial score (nSPS) is 21.2. The number of aliphatic imine (C=N–C) groups is 1. The molecule has 2 fully saturated rings. The van der Waals surface area contributed by atoms with Gasteiger partial charge in [-0.15, -0.1) is 6.58 Å². The lowest BCUT2D eigenvalue weighted by molar-refractivity contribution is -0.315. The lowest BCUT2D eigenvalue weighted by Crippen LogP contribution is -2.66. The van der Waals surface area contributed by atoms with Crippen LogP contribution in [0.4, 0.5) is 9.18 Å². The van der Waals surface area contributed by atoms with E-state index in [0.29, 0.717) is 37.5 Å². The monoisotopic (exact) mass is 618 g/mol. The minimum absolute atomic E-state index is 0.126. The van der Waals surface area contributed by atoms with E-state index in [1.54, 1.807) is 41.3 Å². The van der Waals surface area contributed by atoms with E-state index in [1.807, 2.05) is 31.4 Å². The van der Waals surface area contributed by atoms with Crippen LogP contribution in [-0.4, -0.2) is 92.6 Å². The zero-order valence-electron chi connectivity index (χ0n) is 27.3. The maximum atomic E-state index is 14.4. The Labute approximate surface area is 265 Å². The molecule has 3 amide bonds. The summed E-state index contributed by atoms with van der Waals surface area (Å²) < 4.78 is 21.2. The lowest BCUT2D eigenvalue weighted by atomic mass is 9.79. The standard InChI is InChI=1S/C35H45FN5O4/c1-8-26-21-39(18-19-40(26)32(43)35(16-10-9-11-17-35)38(7)33(44)45-34(4,5)6)31(42)28-22-41-29(24-12-14-25(36)15-13-24)20-27(23(2)3)30(41)37-28/h8,12-15,20,22-23,26H,1,9-11,16-19,21H2,2-7H3/q+1.